The van der Waals surface area contributed by atoms with E-state index in [4.69, 9.17) is 16.3 Å². The van der Waals surface area contributed by atoms with E-state index in [1.807, 2.05) is 37.3 Å². The summed E-state index contributed by atoms with van der Waals surface area (Å²) in [6.45, 7) is 1.75. The lowest BCUT2D eigenvalue weighted by Gasteiger charge is -2.34. The SMILES string of the molecule is C[C@H](NC(=O)[C@H]1CN(S(C)(=O)=O)c2cc(Cl)ccc2O1)c1ccccc1. The summed E-state index contributed by atoms with van der Waals surface area (Å²) in [5, 5.41) is 3.26. The first-order valence-electron chi connectivity index (χ1n) is 8.05. The number of anilines is 1. The zero-order valence-corrected chi connectivity index (χ0v) is 15.9. The fourth-order valence-electron chi connectivity index (χ4n) is 2.81. The van der Waals surface area contributed by atoms with Crippen molar-refractivity contribution in [2.45, 2.75) is 19.1 Å². The molecule has 0 saturated carbocycles. The molecule has 1 amide bonds. The zero-order valence-electron chi connectivity index (χ0n) is 14.3. The number of ether oxygens (including phenoxy) is 1. The highest BCUT2D eigenvalue weighted by Gasteiger charge is 2.35. The lowest BCUT2D eigenvalue weighted by molar-refractivity contribution is -0.128. The molecule has 26 heavy (non-hydrogen) atoms. The van der Waals surface area contributed by atoms with E-state index in [1.54, 1.807) is 12.1 Å². The van der Waals surface area contributed by atoms with Gasteiger partial charge in [-0.05, 0) is 30.7 Å². The second kappa shape index (κ2) is 7.17. The van der Waals surface area contributed by atoms with Crippen LogP contribution in [0.4, 0.5) is 5.69 Å². The standard InChI is InChI=1S/C18H19ClN2O4S/c1-12(13-6-4-3-5-7-13)20-18(22)17-11-21(26(2,23)24)15-10-14(19)8-9-16(15)25-17/h3-10,12,17H,11H2,1-2H3,(H,20,22)/t12-,17+/m0/s1. The van der Waals surface area contributed by atoms with Crippen LogP contribution in [0.25, 0.3) is 0 Å². The number of hydrogen-bond donors (Lipinski definition) is 1. The topological polar surface area (TPSA) is 75.7 Å². The third-order valence-corrected chi connectivity index (χ3v) is 5.52. The molecule has 0 bridgehead atoms. The van der Waals surface area contributed by atoms with Gasteiger partial charge in [-0.15, -0.1) is 0 Å². The fourth-order valence-corrected chi connectivity index (χ4v) is 3.88. The molecule has 0 spiro atoms. The van der Waals surface area contributed by atoms with E-state index < -0.39 is 16.1 Å². The number of fused-ring (bicyclic) bond motifs is 1. The lowest BCUT2D eigenvalue weighted by Crippen LogP contribution is -2.50. The summed E-state index contributed by atoms with van der Waals surface area (Å²) in [5.74, 6) is -0.0748. The Hall–Kier alpha value is -2.25. The first-order chi connectivity index (χ1) is 12.3. The van der Waals surface area contributed by atoms with Crippen LogP contribution in [0.2, 0.25) is 5.02 Å². The monoisotopic (exact) mass is 394 g/mol. The van der Waals surface area contributed by atoms with Crippen molar-refractivity contribution >= 4 is 33.2 Å². The molecule has 0 saturated heterocycles. The maximum absolute atomic E-state index is 12.6. The molecular weight excluding hydrogens is 376 g/mol. The van der Waals surface area contributed by atoms with Crippen molar-refractivity contribution < 1.29 is 17.9 Å². The van der Waals surface area contributed by atoms with Gasteiger partial charge in [0, 0.05) is 5.02 Å². The zero-order chi connectivity index (χ0) is 18.9. The van der Waals surface area contributed by atoms with Crippen molar-refractivity contribution in [3.8, 4) is 5.75 Å². The average molecular weight is 395 g/mol. The van der Waals surface area contributed by atoms with Gasteiger partial charge in [0.25, 0.3) is 5.91 Å². The highest BCUT2D eigenvalue weighted by atomic mass is 35.5. The number of carbonyl (C=O) groups excluding carboxylic acids is 1. The molecule has 0 unspecified atom stereocenters. The van der Waals surface area contributed by atoms with Crippen molar-refractivity contribution in [1.82, 2.24) is 5.32 Å². The van der Waals surface area contributed by atoms with Crippen LogP contribution in [0.5, 0.6) is 5.75 Å². The minimum absolute atomic E-state index is 0.112. The predicted octanol–water partition coefficient (Wildman–Crippen LogP) is 2.74. The van der Waals surface area contributed by atoms with Gasteiger partial charge in [0.15, 0.2) is 6.10 Å². The average Bonchev–Trinajstić information content (AvgIpc) is 2.60. The number of carbonyl (C=O) groups is 1. The largest absolute Gasteiger partial charge is 0.476 e. The summed E-state index contributed by atoms with van der Waals surface area (Å²) in [5.41, 5.74) is 1.28. The predicted molar refractivity (Wildman–Crippen MR) is 101 cm³/mol. The molecule has 0 aromatic heterocycles. The van der Waals surface area contributed by atoms with Gasteiger partial charge < -0.3 is 10.1 Å². The molecule has 0 fully saturated rings. The van der Waals surface area contributed by atoms with Crippen molar-refractivity contribution in [3.63, 3.8) is 0 Å². The molecular formula is C18H19ClN2O4S. The van der Waals surface area contributed by atoms with Crippen LogP contribution in [0.3, 0.4) is 0 Å². The van der Waals surface area contributed by atoms with Gasteiger partial charge in [-0.25, -0.2) is 8.42 Å². The number of nitrogens with one attached hydrogen (secondary N) is 1. The Kier molecular flexibility index (Phi) is 5.11. The summed E-state index contributed by atoms with van der Waals surface area (Å²) < 4.78 is 31.2. The Morgan fingerprint density at radius 1 is 1.27 bits per heavy atom. The smallest absolute Gasteiger partial charge is 0.263 e. The van der Waals surface area contributed by atoms with Crippen LogP contribution >= 0.6 is 11.6 Å². The van der Waals surface area contributed by atoms with E-state index in [1.165, 1.54) is 6.07 Å². The van der Waals surface area contributed by atoms with E-state index in [-0.39, 0.29) is 18.5 Å². The van der Waals surface area contributed by atoms with Crippen molar-refractivity contribution in [2.24, 2.45) is 0 Å². The molecule has 138 valence electrons. The van der Waals surface area contributed by atoms with Crippen LogP contribution in [0.1, 0.15) is 18.5 Å². The Labute approximate surface area is 157 Å². The van der Waals surface area contributed by atoms with E-state index in [0.717, 1.165) is 16.1 Å². The Morgan fingerprint density at radius 3 is 2.62 bits per heavy atom. The summed E-state index contributed by atoms with van der Waals surface area (Å²) >= 11 is 5.97. The summed E-state index contributed by atoms with van der Waals surface area (Å²) in [7, 11) is -3.59. The molecule has 8 heteroatoms. The lowest BCUT2D eigenvalue weighted by atomic mass is 10.1. The number of benzene rings is 2. The Balaban J connectivity index is 1.83. The van der Waals surface area contributed by atoms with Gasteiger partial charge in [0.2, 0.25) is 10.0 Å². The van der Waals surface area contributed by atoms with E-state index in [9.17, 15) is 13.2 Å². The molecule has 3 rings (SSSR count). The Morgan fingerprint density at radius 2 is 1.96 bits per heavy atom. The molecule has 1 N–H and O–H groups in total. The van der Waals surface area contributed by atoms with Gasteiger partial charge >= 0.3 is 0 Å². The van der Waals surface area contributed by atoms with Crippen LogP contribution in [-0.2, 0) is 14.8 Å². The quantitative estimate of drug-likeness (QED) is 0.865. The number of amides is 1. The molecule has 6 nitrogen and oxygen atoms in total. The molecule has 2 atom stereocenters. The van der Waals surface area contributed by atoms with Crippen LogP contribution in [0, 0.1) is 0 Å². The second-order valence-corrected chi connectivity index (χ2v) is 8.50. The fraction of sp³-hybridized carbons (Fsp3) is 0.278. The van der Waals surface area contributed by atoms with E-state index in [2.05, 4.69) is 5.32 Å². The van der Waals surface area contributed by atoms with Crippen molar-refractivity contribution in [3.05, 3.63) is 59.1 Å². The third-order valence-electron chi connectivity index (χ3n) is 4.14. The highest BCUT2D eigenvalue weighted by Crippen LogP contribution is 2.37. The molecule has 1 heterocycles. The van der Waals surface area contributed by atoms with Crippen LogP contribution < -0.4 is 14.4 Å². The molecule has 0 aliphatic carbocycles. The van der Waals surface area contributed by atoms with E-state index >= 15 is 0 Å². The number of rotatable bonds is 4. The summed E-state index contributed by atoms with van der Waals surface area (Å²) in [6.07, 6.45) is 0.134. The molecule has 0 radical (unpaired) electrons. The summed E-state index contributed by atoms with van der Waals surface area (Å²) in [4.78, 5) is 12.6. The minimum Gasteiger partial charge on any atom is -0.476 e. The normalized spacial score (nSPS) is 17.8. The van der Waals surface area contributed by atoms with Crippen LogP contribution in [0.15, 0.2) is 48.5 Å². The van der Waals surface area contributed by atoms with E-state index in [0.29, 0.717) is 16.5 Å². The molecule has 1 aliphatic rings. The molecule has 2 aromatic rings. The second-order valence-electron chi connectivity index (χ2n) is 6.15. The number of nitrogens with zero attached hydrogens (tertiary/aromatic N) is 1. The maximum atomic E-state index is 12.6. The van der Waals surface area contributed by atoms with Crippen molar-refractivity contribution in [2.75, 3.05) is 17.1 Å². The van der Waals surface area contributed by atoms with Gasteiger partial charge in [-0.1, -0.05) is 41.9 Å². The summed E-state index contributed by atoms with van der Waals surface area (Å²) in [6, 6.07) is 13.9. The van der Waals surface area contributed by atoms with Gasteiger partial charge in [0.05, 0.1) is 24.5 Å². The van der Waals surface area contributed by atoms with Crippen LogP contribution in [-0.4, -0.2) is 33.2 Å². The molecule has 1 aliphatic heterocycles. The first kappa shape index (κ1) is 18.5. The highest BCUT2D eigenvalue weighted by molar-refractivity contribution is 7.92. The first-order valence-corrected chi connectivity index (χ1v) is 10.3. The number of hydrogen-bond acceptors (Lipinski definition) is 4. The third kappa shape index (κ3) is 3.94. The van der Waals surface area contributed by atoms with Gasteiger partial charge in [-0.3, -0.25) is 9.10 Å². The van der Waals surface area contributed by atoms with Gasteiger partial charge in [-0.2, -0.15) is 0 Å². The number of sulfonamides is 1. The minimum atomic E-state index is -3.59. The van der Waals surface area contributed by atoms with Gasteiger partial charge in [0.1, 0.15) is 5.75 Å². The Bertz CT molecular complexity index is 918. The molecule has 2 aromatic carbocycles. The number of halogens is 1. The maximum Gasteiger partial charge on any atom is 0.263 e. The van der Waals surface area contributed by atoms with Crippen molar-refractivity contribution in [1.29, 1.82) is 0 Å².